The van der Waals surface area contributed by atoms with Crippen LogP contribution in [0.4, 0.5) is 0 Å². The minimum Gasteiger partial charge on any atom is -0.511 e. The van der Waals surface area contributed by atoms with Crippen molar-refractivity contribution in [3.8, 4) is 0 Å². The van der Waals surface area contributed by atoms with Crippen LogP contribution < -0.4 is 0 Å². The van der Waals surface area contributed by atoms with Crippen molar-refractivity contribution in [1.82, 2.24) is 0 Å². The van der Waals surface area contributed by atoms with Gasteiger partial charge in [-0.05, 0) is 69.8 Å². The molecule has 4 rings (SSSR count). The van der Waals surface area contributed by atoms with Gasteiger partial charge >= 0.3 is 5.97 Å². The summed E-state index contributed by atoms with van der Waals surface area (Å²) >= 11 is 0. The van der Waals surface area contributed by atoms with Crippen LogP contribution >= 0.6 is 0 Å². The van der Waals surface area contributed by atoms with E-state index in [1.54, 1.807) is 13.8 Å². The number of rotatable bonds is 9. The molecular weight excluding hydrogens is 516 g/mol. The smallest absolute Gasteiger partial charge is 0.304 e. The largest absolute Gasteiger partial charge is 0.511 e. The first-order valence-electron chi connectivity index (χ1n) is 14.6. The molecule has 1 aliphatic heterocycles. The SMILES string of the molecule is C=C(C)[C@@H]1C[C@@H](CC2(CC=C(C)C)C(=O)C3=C(O[C@@H](C)[C@H](C)C3=O)C(C(CC(=O)O)c3ccccc3)=C2O)C1(C)C. The molecule has 0 radical (unpaired) electrons. The van der Waals surface area contributed by atoms with Gasteiger partial charge in [0, 0.05) is 11.5 Å². The van der Waals surface area contributed by atoms with Crippen molar-refractivity contribution in [2.45, 2.75) is 86.2 Å². The molecule has 0 bridgehead atoms. The Balaban J connectivity index is 2.01. The third kappa shape index (κ3) is 5.22. The molecule has 1 saturated carbocycles. The van der Waals surface area contributed by atoms with Crippen molar-refractivity contribution >= 4 is 17.5 Å². The number of carboxylic acid groups (broad SMARTS) is 1. The van der Waals surface area contributed by atoms with Gasteiger partial charge < -0.3 is 14.9 Å². The molecule has 0 aromatic heterocycles. The van der Waals surface area contributed by atoms with Gasteiger partial charge in [-0.2, -0.15) is 0 Å². The van der Waals surface area contributed by atoms with Gasteiger partial charge in [-0.1, -0.05) is 74.9 Å². The maximum absolute atomic E-state index is 14.7. The number of ketones is 2. The minimum absolute atomic E-state index is 0.0366. The van der Waals surface area contributed by atoms with Crippen LogP contribution in [0.2, 0.25) is 0 Å². The molecule has 1 aromatic carbocycles. The van der Waals surface area contributed by atoms with E-state index < -0.39 is 35.1 Å². The number of aliphatic hydroxyl groups is 1. The molecule has 2 N–H and O–H groups in total. The molecule has 0 spiro atoms. The van der Waals surface area contributed by atoms with Gasteiger partial charge in [0.15, 0.2) is 11.6 Å². The molecule has 1 aromatic rings. The van der Waals surface area contributed by atoms with Gasteiger partial charge in [-0.25, -0.2) is 0 Å². The zero-order chi connectivity index (χ0) is 30.4. The van der Waals surface area contributed by atoms with Crippen molar-refractivity contribution < 1.29 is 29.3 Å². The van der Waals surface area contributed by atoms with Gasteiger partial charge in [0.25, 0.3) is 0 Å². The van der Waals surface area contributed by atoms with Crippen LogP contribution in [0.5, 0.6) is 0 Å². The van der Waals surface area contributed by atoms with Crippen LogP contribution in [-0.4, -0.2) is 33.9 Å². The number of allylic oxidation sites excluding steroid dienone is 6. The van der Waals surface area contributed by atoms with Crippen molar-refractivity contribution in [2.75, 3.05) is 0 Å². The van der Waals surface area contributed by atoms with Crippen LogP contribution in [0.1, 0.15) is 85.6 Å². The highest BCUT2D eigenvalue weighted by atomic mass is 16.5. The van der Waals surface area contributed by atoms with Gasteiger partial charge in [0.1, 0.15) is 23.2 Å². The Morgan fingerprint density at radius 1 is 1.15 bits per heavy atom. The third-order valence-electron chi connectivity index (χ3n) is 9.96. The minimum atomic E-state index is -1.42. The number of carbonyl (C=O) groups excluding carboxylic acids is 2. The molecule has 2 aliphatic carbocycles. The summed E-state index contributed by atoms with van der Waals surface area (Å²) in [5.74, 6) is -2.92. The summed E-state index contributed by atoms with van der Waals surface area (Å²) in [6, 6.07) is 9.09. The predicted molar refractivity (Wildman–Crippen MR) is 159 cm³/mol. The van der Waals surface area contributed by atoms with Crippen molar-refractivity contribution in [3.05, 3.63) is 82.4 Å². The first kappa shape index (κ1) is 30.5. The van der Waals surface area contributed by atoms with E-state index in [0.717, 1.165) is 17.6 Å². The fraction of sp³-hybridized carbons (Fsp3) is 0.514. The summed E-state index contributed by atoms with van der Waals surface area (Å²) in [6.07, 6.45) is 2.44. The van der Waals surface area contributed by atoms with Crippen LogP contribution in [0.3, 0.4) is 0 Å². The lowest BCUT2D eigenvalue weighted by Crippen LogP contribution is -2.52. The summed E-state index contributed by atoms with van der Waals surface area (Å²) in [5.41, 5.74) is 1.38. The second-order valence-corrected chi connectivity index (χ2v) is 13.3. The van der Waals surface area contributed by atoms with E-state index in [4.69, 9.17) is 4.74 Å². The highest BCUT2D eigenvalue weighted by Crippen LogP contribution is 2.61. The highest BCUT2D eigenvalue weighted by Gasteiger charge is 2.59. The maximum atomic E-state index is 14.7. The summed E-state index contributed by atoms with van der Waals surface area (Å²) < 4.78 is 6.26. The van der Waals surface area contributed by atoms with Gasteiger partial charge in [-0.15, -0.1) is 0 Å². The number of aliphatic carboxylic acids is 1. The van der Waals surface area contributed by atoms with Crippen molar-refractivity contribution in [1.29, 1.82) is 0 Å². The van der Waals surface area contributed by atoms with E-state index in [1.807, 2.05) is 57.2 Å². The molecule has 220 valence electrons. The van der Waals surface area contributed by atoms with E-state index in [9.17, 15) is 24.6 Å². The molecule has 3 aliphatic rings. The van der Waals surface area contributed by atoms with Crippen LogP contribution in [0, 0.1) is 28.6 Å². The summed E-state index contributed by atoms with van der Waals surface area (Å²) in [4.78, 5) is 40.8. The van der Waals surface area contributed by atoms with Gasteiger partial charge in [-0.3, -0.25) is 14.4 Å². The van der Waals surface area contributed by atoms with E-state index >= 15 is 0 Å². The Bertz CT molecular complexity index is 1360. The van der Waals surface area contributed by atoms with E-state index in [1.165, 1.54) is 0 Å². The van der Waals surface area contributed by atoms with Gasteiger partial charge in [0.05, 0.1) is 17.8 Å². The standard InChI is InChI=1S/C35H44O6/c1-19(2)14-15-35(18-24-16-26(20(3)4)34(24,7)8)32(39)28(25(17-27(36)37)23-12-10-9-11-13-23)31-29(33(35)40)30(38)21(5)22(6)41-31/h9-14,21-22,24-26,39H,3,15-18H2,1-2,4-8H3,(H,36,37)/t21-,22-,24-,25?,26-,35?/m0/s1. The van der Waals surface area contributed by atoms with Crippen LogP contribution in [0.15, 0.2) is 76.8 Å². The average Bonchev–Trinajstić information content (AvgIpc) is 2.89. The zero-order valence-electron chi connectivity index (χ0n) is 25.4. The molecule has 2 unspecified atom stereocenters. The number of hydrogen-bond acceptors (Lipinski definition) is 5. The molecule has 41 heavy (non-hydrogen) atoms. The predicted octanol–water partition coefficient (Wildman–Crippen LogP) is 7.49. The topological polar surface area (TPSA) is 101 Å². The lowest BCUT2D eigenvalue weighted by atomic mass is 9.48. The lowest BCUT2D eigenvalue weighted by Gasteiger charge is -2.56. The zero-order valence-corrected chi connectivity index (χ0v) is 25.4. The number of carbonyl (C=O) groups is 3. The fourth-order valence-corrected chi connectivity index (χ4v) is 7.05. The molecule has 6 heteroatoms. The Kier molecular flexibility index (Phi) is 8.28. The number of benzene rings is 1. The number of Topliss-reactive ketones (excluding diaryl/α,β-unsaturated/α-hetero) is 2. The maximum Gasteiger partial charge on any atom is 0.304 e. The summed E-state index contributed by atoms with van der Waals surface area (Å²) in [7, 11) is 0. The normalized spacial score (nSPS) is 29.7. The average molecular weight is 561 g/mol. The van der Waals surface area contributed by atoms with Crippen LogP contribution in [0.25, 0.3) is 0 Å². The van der Waals surface area contributed by atoms with E-state index in [-0.39, 0.29) is 58.5 Å². The van der Waals surface area contributed by atoms with Crippen LogP contribution in [-0.2, 0) is 19.1 Å². The van der Waals surface area contributed by atoms with Gasteiger partial charge in [0.2, 0.25) is 0 Å². The Morgan fingerprint density at radius 2 is 1.78 bits per heavy atom. The summed E-state index contributed by atoms with van der Waals surface area (Å²) in [5, 5.41) is 22.4. The van der Waals surface area contributed by atoms with E-state index in [0.29, 0.717) is 12.0 Å². The molecule has 6 atom stereocenters. The number of carboxylic acids is 1. The monoisotopic (exact) mass is 560 g/mol. The Morgan fingerprint density at radius 3 is 2.32 bits per heavy atom. The quantitative estimate of drug-likeness (QED) is 0.240. The highest BCUT2D eigenvalue weighted by molar-refractivity contribution is 6.25. The first-order chi connectivity index (χ1) is 19.1. The molecule has 1 fully saturated rings. The molecule has 1 heterocycles. The fourth-order valence-electron chi connectivity index (χ4n) is 7.05. The third-order valence-corrected chi connectivity index (χ3v) is 9.96. The lowest BCUT2D eigenvalue weighted by molar-refractivity contribution is -0.137. The molecular formula is C35H44O6. The second kappa shape index (κ2) is 11.1. The number of hydrogen-bond donors (Lipinski definition) is 2. The van der Waals surface area contributed by atoms with Crippen molar-refractivity contribution in [2.24, 2.45) is 28.6 Å². The molecule has 0 saturated heterocycles. The second-order valence-electron chi connectivity index (χ2n) is 13.3. The Hall–Kier alpha value is -3.41. The first-order valence-corrected chi connectivity index (χ1v) is 14.6. The Labute approximate surface area is 243 Å². The van der Waals surface area contributed by atoms with E-state index in [2.05, 4.69) is 20.4 Å². The summed E-state index contributed by atoms with van der Waals surface area (Å²) in [6.45, 7) is 17.9. The molecule has 6 nitrogen and oxygen atoms in total. The molecule has 0 amide bonds. The number of aliphatic hydroxyl groups excluding tert-OH is 1. The number of ether oxygens (including phenoxy) is 1. The van der Waals surface area contributed by atoms with Crippen molar-refractivity contribution in [3.63, 3.8) is 0 Å².